The third-order valence-corrected chi connectivity index (χ3v) is 4.34. The molecule has 1 aliphatic rings. The van der Waals surface area contributed by atoms with E-state index in [4.69, 9.17) is 4.74 Å². The van der Waals surface area contributed by atoms with Crippen LogP contribution in [0.3, 0.4) is 0 Å². The molecule has 0 aromatic heterocycles. The molecule has 22 heavy (non-hydrogen) atoms. The molecule has 0 spiro atoms. The van der Waals surface area contributed by atoms with Gasteiger partial charge in [-0.25, -0.2) is 4.99 Å². The van der Waals surface area contributed by atoms with Gasteiger partial charge in [0, 0.05) is 0 Å². The first kappa shape index (κ1) is 19.3. The van der Waals surface area contributed by atoms with Gasteiger partial charge in [-0.3, -0.25) is 0 Å². The summed E-state index contributed by atoms with van der Waals surface area (Å²) in [4.78, 5) is 4.25. The zero-order chi connectivity index (χ0) is 15.7. The molecule has 0 fully saturated rings. The van der Waals surface area contributed by atoms with E-state index in [1.165, 1.54) is 89.9 Å². The molecule has 0 aromatic rings. The van der Waals surface area contributed by atoms with Crippen LogP contribution in [0.1, 0.15) is 96.8 Å². The van der Waals surface area contributed by atoms with Gasteiger partial charge in [0.25, 0.3) is 0 Å². The van der Waals surface area contributed by atoms with E-state index >= 15 is 0 Å². The third kappa shape index (κ3) is 11.8. The number of nitrogens with zero attached hydrogens (tertiary/aromatic N) is 1. The lowest BCUT2D eigenvalue weighted by Gasteiger charge is -2.02. The van der Waals surface area contributed by atoms with Crippen LogP contribution >= 0.6 is 0 Å². The van der Waals surface area contributed by atoms with Crippen LogP contribution in [0.5, 0.6) is 0 Å². The molecule has 1 rings (SSSR count). The molecular formula is C20H37NO. The fraction of sp³-hybridized carbons (Fsp3) is 0.850. The van der Waals surface area contributed by atoms with Gasteiger partial charge >= 0.3 is 0 Å². The highest BCUT2D eigenvalue weighted by molar-refractivity contribution is 5.88. The highest BCUT2D eigenvalue weighted by Crippen LogP contribution is 2.13. The highest BCUT2D eigenvalue weighted by Gasteiger charge is 2.01. The van der Waals surface area contributed by atoms with Crippen molar-refractivity contribution >= 4 is 5.90 Å². The van der Waals surface area contributed by atoms with E-state index in [1.807, 2.05) is 6.08 Å². The molecule has 0 atom stereocenters. The Bertz CT molecular complexity index is 296. The summed E-state index contributed by atoms with van der Waals surface area (Å²) in [5.74, 6) is 0.828. The first-order valence-electron chi connectivity index (χ1n) is 9.77. The molecule has 0 N–H and O–H groups in total. The quantitative estimate of drug-likeness (QED) is 0.318. The molecule has 0 saturated heterocycles. The van der Waals surface area contributed by atoms with E-state index in [1.54, 1.807) is 0 Å². The molecule has 2 nitrogen and oxygen atoms in total. The number of allylic oxidation sites excluding steroid dienone is 1. The third-order valence-electron chi connectivity index (χ3n) is 4.34. The molecule has 2 heteroatoms. The van der Waals surface area contributed by atoms with Gasteiger partial charge in [0.1, 0.15) is 6.61 Å². The molecule has 0 aromatic carbocycles. The lowest BCUT2D eigenvalue weighted by atomic mass is 10.0. The molecule has 0 amide bonds. The van der Waals surface area contributed by atoms with Gasteiger partial charge in [-0.15, -0.1) is 0 Å². The van der Waals surface area contributed by atoms with Crippen molar-refractivity contribution in [1.29, 1.82) is 0 Å². The van der Waals surface area contributed by atoms with Crippen LogP contribution in [-0.4, -0.2) is 19.0 Å². The second kappa shape index (κ2) is 15.1. The number of ether oxygens (including phenoxy) is 1. The fourth-order valence-corrected chi connectivity index (χ4v) is 2.92. The second-order valence-corrected chi connectivity index (χ2v) is 6.50. The Hall–Kier alpha value is -0.790. The minimum Gasteiger partial charge on any atom is -0.476 e. The molecule has 0 saturated carbocycles. The monoisotopic (exact) mass is 307 g/mol. The summed E-state index contributed by atoms with van der Waals surface area (Å²) in [6.45, 7) is 3.88. The molecule has 0 radical (unpaired) electrons. The van der Waals surface area contributed by atoms with Crippen molar-refractivity contribution in [3.63, 3.8) is 0 Å². The van der Waals surface area contributed by atoms with Gasteiger partial charge in [-0.2, -0.15) is 0 Å². The Kier molecular flexibility index (Phi) is 13.2. The molecule has 1 aliphatic heterocycles. The SMILES string of the molecule is CCCCCCCCCCCCCCC/C=C/C1=NCCO1. The molecule has 128 valence electrons. The molecule has 0 unspecified atom stereocenters. The van der Waals surface area contributed by atoms with Crippen molar-refractivity contribution in [2.24, 2.45) is 4.99 Å². The van der Waals surface area contributed by atoms with Crippen LogP contribution in [-0.2, 0) is 4.74 Å². The summed E-state index contributed by atoms with van der Waals surface area (Å²) >= 11 is 0. The van der Waals surface area contributed by atoms with Crippen molar-refractivity contribution in [2.75, 3.05) is 13.2 Å². The maximum absolute atomic E-state index is 5.34. The van der Waals surface area contributed by atoms with Crippen LogP contribution in [0, 0.1) is 0 Å². The predicted molar refractivity (Wildman–Crippen MR) is 97.7 cm³/mol. The van der Waals surface area contributed by atoms with Gasteiger partial charge in [0.2, 0.25) is 5.90 Å². The maximum Gasteiger partial charge on any atom is 0.208 e. The van der Waals surface area contributed by atoms with E-state index in [9.17, 15) is 0 Å². The molecule has 0 aliphatic carbocycles. The first-order valence-corrected chi connectivity index (χ1v) is 9.77. The standard InChI is InChI=1S/C20H37NO/c1-2-3-4-5-6-7-8-9-10-11-12-13-14-15-16-17-20-21-18-19-22-20/h16-17H,2-15,18-19H2,1H3/b17-16+. The minimum atomic E-state index is 0.762. The minimum absolute atomic E-state index is 0.762. The van der Waals surface area contributed by atoms with Crippen LogP contribution in [0.15, 0.2) is 17.1 Å². The average molecular weight is 308 g/mol. The smallest absolute Gasteiger partial charge is 0.208 e. The number of unbranched alkanes of at least 4 members (excludes halogenated alkanes) is 13. The fourth-order valence-electron chi connectivity index (χ4n) is 2.92. The van der Waals surface area contributed by atoms with E-state index in [-0.39, 0.29) is 0 Å². The van der Waals surface area contributed by atoms with Crippen molar-refractivity contribution in [2.45, 2.75) is 96.8 Å². The van der Waals surface area contributed by atoms with Gasteiger partial charge in [0.15, 0.2) is 0 Å². The summed E-state index contributed by atoms with van der Waals surface area (Å²) in [6, 6.07) is 0. The Morgan fingerprint density at radius 3 is 1.86 bits per heavy atom. The van der Waals surface area contributed by atoms with E-state index in [2.05, 4.69) is 18.0 Å². The zero-order valence-corrected chi connectivity index (χ0v) is 14.8. The highest BCUT2D eigenvalue weighted by atomic mass is 16.5. The summed E-state index contributed by atoms with van der Waals surface area (Å²) in [5.41, 5.74) is 0. The Labute approximate surface area is 138 Å². The normalized spacial score (nSPS) is 14.5. The molecule has 0 bridgehead atoms. The maximum atomic E-state index is 5.34. The number of hydrogen-bond donors (Lipinski definition) is 0. The van der Waals surface area contributed by atoms with Gasteiger partial charge in [-0.1, -0.05) is 90.0 Å². The van der Waals surface area contributed by atoms with Crippen LogP contribution in [0.2, 0.25) is 0 Å². The summed E-state index contributed by atoms with van der Waals surface area (Å²) in [6.07, 6.45) is 23.9. The first-order chi connectivity index (χ1) is 10.9. The number of aliphatic imine (C=N–C) groups is 1. The molecular weight excluding hydrogens is 270 g/mol. The van der Waals surface area contributed by atoms with E-state index in [0.29, 0.717) is 0 Å². The average Bonchev–Trinajstić information content (AvgIpc) is 3.04. The number of rotatable bonds is 15. The van der Waals surface area contributed by atoms with Crippen LogP contribution in [0.4, 0.5) is 0 Å². The molecule has 1 heterocycles. The number of hydrogen-bond acceptors (Lipinski definition) is 2. The lowest BCUT2D eigenvalue weighted by molar-refractivity contribution is 0.350. The van der Waals surface area contributed by atoms with Gasteiger partial charge in [0.05, 0.1) is 6.54 Å². The topological polar surface area (TPSA) is 21.6 Å². The van der Waals surface area contributed by atoms with Gasteiger partial charge in [-0.05, 0) is 18.9 Å². The largest absolute Gasteiger partial charge is 0.476 e. The van der Waals surface area contributed by atoms with Crippen LogP contribution < -0.4 is 0 Å². The summed E-state index contributed by atoms with van der Waals surface area (Å²) < 4.78 is 5.34. The second-order valence-electron chi connectivity index (χ2n) is 6.50. The Balaban J connectivity index is 1.71. The predicted octanol–water partition coefficient (Wildman–Crippen LogP) is 6.45. The summed E-state index contributed by atoms with van der Waals surface area (Å²) in [5, 5.41) is 0. The van der Waals surface area contributed by atoms with Crippen molar-refractivity contribution in [3.8, 4) is 0 Å². The zero-order valence-electron chi connectivity index (χ0n) is 14.8. The van der Waals surface area contributed by atoms with Gasteiger partial charge < -0.3 is 4.74 Å². The van der Waals surface area contributed by atoms with Crippen molar-refractivity contribution in [1.82, 2.24) is 0 Å². The lowest BCUT2D eigenvalue weighted by Crippen LogP contribution is -1.92. The Morgan fingerprint density at radius 1 is 0.818 bits per heavy atom. The van der Waals surface area contributed by atoms with Crippen LogP contribution in [0.25, 0.3) is 0 Å². The summed E-state index contributed by atoms with van der Waals surface area (Å²) in [7, 11) is 0. The van der Waals surface area contributed by atoms with E-state index in [0.717, 1.165) is 19.0 Å². The van der Waals surface area contributed by atoms with Crippen molar-refractivity contribution in [3.05, 3.63) is 12.2 Å². The van der Waals surface area contributed by atoms with Crippen molar-refractivity contribution < 1.29 is 4.74 Å². The Morgan fingerprint density at radius 2 is 1.36 bits per heavy atom. The van der Waals surface area contributed by atoms with E-state index < -0.39 is 0 Å².